The van der Waals surface area contributed by atoms with Crippen molar-refractivity contribution in [2.24, 2.45) is 0 Å². The highest BCUT2D eigenvalue weighted by atomic mass is 35.5. The Labute approximate surface area is 134 Å². The zero-order valence-electron chi connectivity index (χ0n) is 12.7. The largest absolute Gasteiger partial charge is 0.348 e. The smallest absolute Gasteiger partial charge is 0.251 e. The van der Waals surface area contributed by atoms with Gasteiger partial charge in [-0.15, -0.1) is 0 Å². The zero-order chi connectivity index (χ0) is 15.6. The molecule has 0 saturated heterocycles. The molecule has 112 valence electrons. The van der Waals surface area contributed by atoms with E-state index in [-0.39, 0.29) is 11.3 Å². The average Bonchev–Trinajstić information content (AvgIpc) is 2.79. The van der Waals surface area contributed by atoms with E-state index >= 15 is 0 Å². The van der Waals surface area contributed by atoms with Gasteiger partial charge >= 0.3 is 0 Å². The summed E-state index contributed by atoms with van der Waals surface area (Å²) in [5, 5.41) is 7.40. The number of amides is 1. The van der Waals surface area contributed by atoms with Gasteiger partial charge in [-0.3, -0.25) is 4.79 Å². The normalized spacial score (nSPS) is 11.5. The van der Waals surface area contributed by atoms with E-state index in [1.165, 1.54) is 5.56 Å². The molecular weight excluding hydrogens is 304 g/mol. The molecule has 0 aliphatic carbocycles. The molecule has 2 rings (SSSR count). The van der Waals surface area contributed by atoms with Crippen LogP contribution in [0.15, 0.2) is 22.9 Å². The molecule has 0 fully saturated rings. The molecule has 0 aromatic carbocycles. The van der Waals surface area contributed by atoms with Crippen LogP contribution in [0.5, 0.6) is 0 Å². The molecule has 5 heteroatoms. The molecule has 1 amide bonds. The number of hydrogen-bond donors (Lipinski definition) is 1. The Morgan fingerprint density at radius 2 is 2.05 bits per heavy atom. The van der Waals surface area contributed by atoms with Gasteiger partial charge in [-0.1, -0.05) is 32.4 Å². The number of aromatic nitrogens is 1. The van der Waals surface area contributed by atoms with Crippen molar-refractivity contribution in [3.05, 3.63) is 50.4 Å². The van der Waals surface area contributed by atoms with Crippen LogP contribution in [-0.4, -0.2) is 10.9 Å². The zero-order valence-corrected chi connectivity index (χ0v) is 14.2. The number of nitrogens with one attached hydrogen (secondary N) is 1. The molecule has 2 aromatic heterocycles. The highest BCUT2D eigenvalue weighted by molar-refractivity contribution is 7.08. The van der Waals surface area contributed by atoms with Crippen molar-refractivity contribution in [3.8, 4) is 0 Å². The molecule has 0 saturated carbocycles. The summed E-state index contributed by atoms with van der Waals surface area (Å²) in [5.74, 6) is -0.129. The van der Waals surface area contributed by atoms with Gasteiger partial charge in [0.2, 0.25) is 0 Å². The standard InChI is InChI=1S/C16H19ClN2OS/c1-10-8-21-9-12(10)7-18-15(20)11-5-13(16(2,3)4)19-14(17)6-11/h5-6,8-9H,7H2,1-4H3,(H,18,20). The first-order chi connectivity index (χ1) is 9.77. The fourth-order valence-electron chi connectivity index (χ4n) is 1.86. The summed E-state index contributed by atoms with van der Waals surface area (Å²) >= 11 is 7.68. The Balaban J connectivity index is 2.16. The van der Waals surface area contributed by atoms with Crippen molar-refractivity contribution in [1.29, 1.82) is 0 Å². The van der Waals surface area contributed by atoms with Gasteiger partial charge in [0.15, 0.2) is 0 Å². The minimum Gasteiger partial charge on any atom is -0.348 e. The molecule has 2 aromatic rings. The van der Waals surface area contributed by atoms with Gasteiger partial charge in [0, 0.05) is 23.2 Å². The van der Waals surface area contributed by atoms with Gasteiger partial charge in [-0.2, -0.15) is 11.3 Å². The maximum absolute atomic E-state index is 12.3. The summed E-state index contributed by atoms with van der Waals surface area (Å²) in [4.78, 5) is 16.6. The molecule has 0 bridgehead atoms. The molecule has 0 aliphatic heterocycles. The highest BCUT2D eigenvalue weighted by Crippen LogP contribution is 2.23. The summed E-state index contributed by atoms with van der Waals surface area (Å²) < 4.78 is 0. The Hall–Kier alpha value is -1.39. The molecule has 2 heterocycles. The highest BCUT2D eigenvalue weighted by Gasteiger charge is 2.19. The van der Waals surface area contributed by atoms with Crippen LogP contribution >= 0.6 is 22.9 Å². The summed E-state index contributed by atoms with van der Waals surface area (Å²) in [7, 11) is 0. The first kappa shape index (κ1) is 16.0. The third-order valence-electron chi connectivity index (χ3n) is 3.23. The third kappa shape index (κ3) is 4.05. The van der Waals surface area contributed by atoms with E-state index < -0.39 is 0 Å². The number of pyridine rings is 1. The number of carbonyl (C=O) groups excluding carboxylic acids is 1. The number of hydrogen-bond acceptors (Lipinski definition) is 3. The Bertz CT molecular complexity index is 659. The predicted octanol–water partition coefficient (Wildman–Crippen LogP) is 4.33. The monoisotopic (exact) mass is 322 g/mol. The van der Waals surface area contributed by atoms with Gasteiger partial charge in [-0.05, 0) is 40.9 Å². The number of carbonyl (C=O) groups is 1. The molecule has 3 nitrogen and oxygen atoms in total. The number of nitrogens with zero attached hydrogens (tertiary/aromatic N) is 1. The molecular formula is C16H19ClN2OS. The SMILES string of the molecule is Cc1cscc1CNC(=O)c1cc(Cl)nc(C(C)(C)C)c1. The van der Waals surface area contributed by atoms with Gasteiger partial charge in [-0.25, -0.2) is 4.98 Å². The van der Waals surface area contributed by atoms with Crippen LogP contribution in [-0.2, 0) is 12.0 Å². The van der Waals surface area contributed by atoms with Gasteiger partial charge in [0.05, 0.1) is 0 Å². The minimum absolute atomic E-state index is 0.129. The third-order valence-corrected chi connectivity index (χ3v) is 4.33. The Kier molecular flexibility index (Phi) is 4.69. The van der Waals surface area contributed by atoms with Gasteiger partial charge in [0.1, 0.15) is 5.15 Å². The van der Waals surface area contributed by atoms with Crippen molar-refractivity contribution in [2.75, 3.05) is 0 Å². The maximum atomic E-state index is 12.3. The van der Waals surface area contributed by atoms with Crippen molar-refractivity contribution in [1.82, 2.24) is 10.3 Å². The van der Waals surface area contributed by atoms with Crippen LogP contribution < -0.4 is 5.32 Å². The molecule has 0 atom stereocenters. The lowest BCUT2D eigenvalue weighted by Crippen LogP contribution is -2.24. The minimum atomic E-state index is -0.149. The predicted molar refractivity (Wildman–Crippen MR) is 88.2 cm³/mol. The molecule has 0 unspecified atom stereocenters. The van der Waals surface area contributed by atoms with Crippen molar-refractivity contribution >= 4 is 28.8 Å². The van der Waals surface area contributed by atoms with Crippen LogP contribution in [0.4, 0.5) is 0 Å². The van der Waals surface area contributed by atoms with Crippen LogP contribution in [0.1, 0.15) is 48.0 Å². The summed E-state index contributed by atoms with van der Waals surface area (Å²) in [5.41, 5.74) is 3.55. The second kappa shape index (κ2) is 6.16. The summed E-state index contributed by atoms with van der Waals surface area (Å²) in [6.45, 7) is 8.70. The molecule has 21 heavy (non-hydrogen) atoms. The van der Waals surface area contributed by atoms with Gasteiger partial charge < -0.3 is 5.32 Å². The number of aryl methyl sites for hydroxylation is 1. The van der Waals surface area contributed by atoms with E-state index in [4.69, 9.17) is 11.6 Å². The fraction of sp³-hybridized carbons (Fsp3) is 0.375. The summed E-state index contributed by atoms with van der Waals surface area (Å²) in [6.07, 6.45) is 0. The molecule has 0 radical (unpaired) electrons. The number of halogens is 1. The second-order valence-electron chi connectivity index (χ2n) is 6.08. The van der Waals surface area contributed by atoms with Crippen molar-refractivity contribution in [2.45, 2.75) is 39.7 Å². The summed E-state index contributed by atoms with van der Waals surface area (Å²) in [6, 6.07) is 3.41. The van der Waals surface area contributed by atoms with Crippen molar-refractivity contribution < 1.29 is 4.79 Å². The lowest BCUT2D eigenvalue weighted by molar-refractivity contribution is 0.0950. The first-order valence-corrected chi connectivity index (χ1v) is 8.07. The lowest BCUT2D eigenvalue weighted by atomic mass is 9.91. The van der Waals surface area contributed by atoms with E-state index in [2.05, 4.69) is 21.1 Å². The molecule has 0 spiro atoms. The number of thiophene rings is 1. The van der Waals surface area contributed by atoms with E-state index in [1.807, 2.05) is 33.8 Å². The fourth-order valence-corrected chi connectivity index (χ4v) is 2.92. The van der Waals surface area contributed by atoms with Crippen LogP contribution in [0, 0.1) is 6.92 Å². The van der Waals surface area contributed by atoms with E-state index in [0.717, 1.165) is 11.3 Å². The lowest BCUT2D eigenvalue weighted by Gasteiger charge is -2.18. The maximum Gasteiger partial charge on any atom is 0.251 e. The second-order valence-corrected chi connectivity index (χ2v) is 7.21. The Morgan fingerprint density at radius 3 is 2.62 bits per heavy atom. The van der Waals surface area contributed by atoms with E-state index in [0.29, 0.717) is 17.3 Å². The van der Waals surface area contributed by atoms with Crippen molar-refractivity contribution in [3.63, 3.8) is 0 Å². The molecule has 0 aliphatic rings. The van der Waals surface area contributed by atoms with Crippen LogP contribution in [0.3, 0.4) is 0 Å². The molecule has 1 N–H and O–H groups in total. The first-order valence-electron chi connectivity index (χ1n) is 6.75. The number of rotatable bonds is 3. The van der Waals surface area contributed by atoms with E-state index in [1.54, 1.807) is 17.4 Å². The average molecular weight is 323 g/mol. The van der Waals surface area contributed by atoms with Gasteiger partial charge in [0.25, 0.3) is 5.91 Å². The van der Waals surface area contributed by atoms with Crippen LogP contribution in [0.2, 0.25) is 5.15 Å². The Morgan fingerprint density at radius 1 is 1.33 bits per heavy atom. The quantitative estimate of drug-likeness (QED) is 0.854. The van der Waals surface area contributed by atoms with E-state index in [9.17, 15) is 4.79 Å². The topological polar surface area (TPSA) is 42.0 Å². The van der Waals surface area contributed by atoms with Crippen LogP contribution in [0.25, 0.3) is 0 Å².